The quantitative estimate of drug-likeness (QED) is 0.0321. The summed E-state index contributed by atoms with van der Waals surface area (Å²) in [5.41, 5.74) is 8.21. The molecule has 0 aliphatic carbocycles. The number of nitrogens with zero attached hydrogens (tertiary/aromatic N) is 2. The third kappa shape index (κ3) is 46.2. The number of hydrogen-bond donors (Lipinski definition) is 0. The van der Waals surface area contributed by atoms with Crippen molar-refractivity contribution in [1.82, 2.24) is 0 Å². The average molecular weight is 1200 g/mol. The van der Waals surface area contributed by atoms with E-state index in [0.717, 1.165) is 43.1 Å². The van der Waals surface area contributed by atoms with Crippen LogP contribution in [0, 0.1) is 0 Å². The molecule has 0 N–H and O–H groups in total. The van der Waals surface area contributed by atoms with E-state index in [4.69, 9.17) is 9.98 Å². The van der Waals surface area contributed by atoms with Gasteiger partial charge in [-0.05, 0) is 93.2 Å². The number of aryl methyl sites for hydroxylation is 3. The summed E-state index contributed by atoms with van der Waals surface area (Å²) in [7, 11) is -1.12. The first kappa shape index (κ1) is 78.3. The zero-order valence-electron chi connectivity index (χ0n) is 55.7. The second kappa shape index (κ2) is 55.9. The number of benzene rings is 3. The monoisotopic (exact) mass is 1200 g/mol. The zero-order chi connectivity index (χ0) is 59.2. The van der Waals surface area contributed by atoms with E-state index in [1.807, 2.05) is 0 Å². The predicted octanol–water partition coefficient (Wildman–Crippen LogP) is 25.4. The third-order valence-electron chi connectivity index (χ3n) is 17.1. The summed E-state index contributed by atoms with van der Waals surface area (Å²) in [6.45, 7) is 16.0. The molecule has 6 heteroatoms. The number of hydrogen-bond acceptors (Lipinski definition) is 4. The van der Waals surface area contributed by atoms with Crippen LogP contribution < -0.4 is 10.2 Å². The van der Waals surface area contributed by atoms with Crippen molar-refractivity contribution in [2.24, 2.45) is 9.98 Å². The summed E-state index contributed by atoms with van der Waals surface area (Å²) in [6, 6.07) is 24.3. The van der Waals surface area contributed by atoms with Gasteiger partial charge in [-0.15, -0.1) is 11.5 Å². The van der Waals surface area contributed by atoms with Crippen LogP contribution in [-0.4, -0.2) is 19.5 Å². The minimum Gasteiger partial charge on any atom is -0.873 e. The Morgan fingerprint density at radius 1 is 0.325 bits per heavy atom. The molecule has 83 heavy (non-hydrogen) atoms. The molecule has 0 saturated carbocycles. The average Bonchev–Trinajstić information content (AvgIpc) is 3.57. The molecule has 0 spiro atoms. The predicted molar refractivity (Wildman–Crippen MR) is 367 cm³/mol. The molecular formula is C77H132N2NiO2Si. The van der Waals surface area contributed by atoms with Crippen molar-refractivity contribution in [2.75, 3.05) is 0 Å². The molecule has 3 aromatic carbocycles. The molecule has 4 nitrogen and oxygen atoms in total. The van der Waals surface area contributed by atoms with Gasteiger partial charge in [0.15, 0.2) is 0 Å². The van der Waals surface area contributed by atoms with Crippen LogP contribution in [0.2, 0.25) is 25.7 Å². The first-order valence-corrected chi connectivity index (χ1v) is 39.6. The molecule has 476 valence electrons. The molecule has 0 amide bonds. The first-order valence-electron chi connectivity index (χ1n) is 35.9. The van der Waals surface area contributed by atoms with Crippen molar-refractivity contribution in [3.05, 3.63) is 83.4 Å². The van der Waals surface area contributed by atoms with Crippen LogP contribution in [0.25, 0.3) is 0 Å². The maximum atomic E-state index is 11.4. The van der Waals surface area contributed by atoms with Crippen LogP contribution in [0.5, 0.6) is 11.5 Å². The van der Waals surface area contributed by atoms with E-state index >= 15 is 0 Å². The second-order valence-electron chi connectivity index (χ2n) is 26.4. The van der Waals surface area contributed by atoms with E-state index in [1.54, 1.807) is 12.1 Å². The topological polar surface area (TPSA) is 70.8 Å². The minimum atomic E-state index is -1.12. The molecule has 0 aliphatic heterocycles. The Bertz CT molecular complexity index is 1940. The third-order valence-corrected chi connectivity index (χ3v) is 18.9. The fourth-order valence-corrected chi connectivity index (χ4v) is 12.5. The second-order valence-corrected chi connectivity index (χ2v) is 32.0. The van der Waals surface area contributed by atoms with Gasteiger partial charge in [-0.3, -0.25) is 9.98 Å². The zero-order valence-corrected chi connectivity index (χ0v) is 57.7. The molecule has 0 atom stereocenters. The molecule has 0 aromatic heterocycles. The van der Waals surface area contributed by atoms with E-state index in [1.165, 1.54) is 318 Å². The van der Waals surface area contributed by atoms with Gasteiger partial charge in [-0.1, -0.05) is 358 Å². The van der Waals surface area contributed by atoms with Crippen LogP contribution in [0.4, 0.5) is 11.4 Å². The fourth-order valence-electron chi connectivity index (χ4n) is 11.5. The minimum absolute atomic E-state index is 0. The summed E-state index contributed by atoms with van der Waals surface area (Å²) in [6.07, 6.45) is 66.8. The standard InChI is InChI=1S/C66H116N2.C11H18O2Si.Ni/c1-5-9-13-16-19-21-23-25-27-29-31-33-35-37-39-41-43-46-49-61-53-57-63(58-54-61)67-65(51-12-8-4)66(52-48-45-18-15-11-7-3)68-64-59-55-62(56-60-64)50-47-44-42-40-38-36-34-32-30-28-26-24-22-20-17-14-10-6-2;1-14(2,3)8-7-9-5-4-6-10(12)11(9)13;/h53-60H,5-52H2,1-4H3;4-6,12-13H,7-8H2,1-3H3;/q;;+2/p-2. The summed E-state index contributed by atoms with van der Waals surface area (Å²) in [5.74, 6) is -0.691. The van der Waals surface area contributed by atoms with Crippen molar-refractivity contribution in [2.45, 2.75) is 368 Å². The van der Waals surface area contributed by atoms with E-state index < -0.39 is 8.07 Å². The van der Waals surface area contributed by atoms with Gasteiger partial charge in [-0.25, -0.2) is 0 Å². The molecular weight excluding hydrogens is 1070 g/mol. The molecule has 0 heterocycles. The van der Waals surface area contributed by atoms with Crippen LogP contribution in [-0.2, 0) is 35.8 Å². The normalized spacial score (nSPS) is 11.9. The summed E-state index contributed by atoms with van der Waals surface area (Å²) >= 11 is 0. The molecule has 0 bridgehead atoms. The van der Waals surface area contributed by atoms with Gasteiger partial charge >= 0.3 is 16.5 Å². The summed E-state index contributed by atoms with van der Waals surface area (Å²) in [5, 5.41) is 22.5. The van der Waals surface area contributed by atoms with Gasteiger partial charge in [0.05, 0.1) is 22.8 Å². The van der Waals surface area contributed by atoms with Gasteiger partial charge < -0.3 is 10.2 Å². The molecule has 0 aliphatic rings. The largest absolute Gasteiger partial charge is 2.00 e. The fraction of sp³-hybridized carbons (Fsp3) is 0.740. The van der Waals surface area contributed by atoms with Gasteiger partial charge in [0, 0.05) is 8.07 Å². The van der Waals surface area contributed by atoms with E-state index in [9.17, 15) is 10.2 Å². The van der Waals surface area contributed by atoms with Crippen LogP contribution >= 0.6 is 0 Å². The van der Waals surface area contributed by atoms with Crippen molar-refractivity contribution in [3.8, 4) is 11.5 Å². The van der Waals surface area contributed by atoms with Crippen molar-refractivity contribution in [1.29, 1.82) is 0 Å². The van der Waals surface area contributed by atoms with Crippen molar-refractivity contribution < 1.29 is 26.7 Å². The van der Waals surface area contributed by atoms with E-state index in [0.29, 0.717) is 5.56 Å². The maximum absolute atomic E-state index is 11.4. The number of unbranched alkanes of at least 4 members (excludes halogenated alkanes) is 40. The van der Waals surface area contributed by atoms with Crippen molar-refractivity contribution >= 4 is 30.9 Å². The Hall–Kier alpha value is -2.69. The van der Waals surface area contributed by atoms with Gasteiger partial charge in [-0.2, -0.15) is 0 Å². The van der Waals surface area contributed by atoms with E-state index in [-0.39, 0.29) is 28.0 Å². The smallest absolute Gasteiger partial charge is 0.873 e. The van der Waals surface area contributed by atoms with Gasteiger partial charge in [0.2, 0.25) is 0 Å². The maximum Gasteiger partial charge on any atom is 2.00 e. The van der Waals surface area contributed by atoms with Crippen molar-refractivity contribution in [3.63, 3.8) is 0 Å². The number of rotatable bonds is 54. The Morgan fingerprint density at radius 2 is 0.602 bits per heavy atom. The Labute approximate surface area is 527 Å². The molecule has 0 saturated heterocycles. The Kier molecular flexibility index (Phi) is 52.7. The number of para-hydroxylation sites is 1. The van der Waals surface area contributed by atoms with Crippen LogP contribution in [0.15, 0.2) is 76.7 Å². The summed E-state index contributed by atoms with van der Waals surface area (Å²) < 4.78 is 0. The van der Waals surface area contributed by atoms with E-state index in [2.05, 4.69) is 95.9 Å². The number of aliphatic imine (C=N–C) groups is 2. The Balaban J connectivity index is 0.00000199. The Morgan fingerprint density at radius 3 is 0.904 bits per heavy atom. The van der Waals surface area contributed by atoms with Crippen LogP contribution in [0.1, 0.15) is 340 Å². The SMILES string of the molecule is CCCCCCCCCCCCCCCCCCCCc1ccc(N=C(CCCC)C(CCCCCCCC)=Nc2ccc(CCCCCCCCCCCCCCCCCCCC)cc2)cc1.C[Si](C)(C)CCc1cccc([O-])c1[O-].[Ni+2]. The van der Waals surface area contributed by atoms with Crippen LogP contribution in [0.3, 0.4) is 0 Å². The van der Waals surface area contributed by atoms with Gasteiger partial charge in [0.1, 0.15) is 0 Å². The molecule has 0 radical (unpaired) electrons. The molecule has 3 aromatic rings. The first-order chi connectivity index (χ1) is 40.1. The van der Waals surface area contributed by atoms with Gasteiger partial charge in [0.25, 0.3) is 0 Å². The molecule has 3 rings (SSSR count). The molecule has 0 fully saturated rings. The summed E-state index contributed by atoms with van der Waals surface area (Å²) in [4.78, 5) is 10.7. The molecule has 0 unspecified atom stereocenters.